The summed E-state index contributed by atoms with van der Waals surface area (Å²) in [4.78, 5) is 4.07. The van der Waals surface area contributed by atoms with E-state index in [4.69, 9.17) is 21.8 Å². The molecule has 1 aromatic carbocycles. The number of anilines is 1. The van der Waals surface area contributed by atoms with Crippen LogP contribution < -0.4 is 5.73 Å². The minimum atomic E-state index is 0.631. The molecule has 0 radical (unpaired) electrons. The molecule has 3 nitrogen and oxygen atoms in total. The third kappa shape index (κ3) is 2.05. The van der Waals surface area contributed by atoms with Gasteiger partial charge in [-0.05, 0) is 30.3 Å². The van der Waals surface area contributed by atoms with Crippen LogP contribution in [0.25, 0.3) is 11.0 Å². The fourth-order valence-electron chi connectivity index (χ4n) is 1.93. The van der Waals surface area contributed by atoms with Gasteiger partial charge >= 0.3 is 0 Å². The highest BCUT2D eigenvalue weighted by Crippen LogP contribution is 2.25. The fraction of sp³-hybridized carbons (Fsp3) is 0.0714. The van der Waals surface area contributed by atoms with Gasteiger partial charge in [0.05, 0.1) is 0 Å². The summed E-state index contributed by atoms with van der Waals surface area (Å²) in [5, 5.41) is 1.70. The average Bonchev–Trinajstić information content (AvgIpc) is 2.73. The summed E-state index contributed by atoms with van der Waals surface area (Å²) in [5.74, 6) is 0.854. The van der Waals surface area contributed by atoms with E-state index in [0.29, 0.717) is 11.4 Å². The Morgan fingerprint density at radius 3 is 2.94 bits per heavy atom. The van der Waals surface area contributed by atoms with Crippen molar-refractivity contribution in [3.8, 4) is 0 Å². The van der Waals surface area contributed by atoms with Crippen LogP contribution in [-0.4, -0.2) is 4.98 Å². The van der Waals surface area contributed by atoms with E-state index in [2.05, 4.69) is 4.98 Å². The zero-order chi connectivity index (χ0) is 12.5. The van der Waals surface area contributed by atoms with E-state index in [9.17, 15) is 0 Å². The first-order valence-corrected chi connectivity index (χ1v) is 5.96. The van der Waals surface area contributed by atoms with E-state index in [0.717, 1.165) is 28.0 Å². The molecule has 0 spiro atoms. The zero-order valence-electron chi connectivity index (χ0n) is 9.56. The molecule has 0 fully saturated rings. The molecule has 18 heavy (non-hydrogen) atoms. The molecule has 0 aliphatic rings. The molecule has 3 rings (SSSR count). The van der Waals surface area contributed by atoms with Gasteiger partial charge in [0.1, 0.15) is 11.3 Å². The maximum atomic E-state index is 5.94. The number of benzene rings is 1. The van der Waals surface area contributed by atoms with Gasteiger partial charge < -0.3 is 10.2 Å². The number of rotatable bonds is 2. The fourth-order valence-corrected chi connectivity index (χ4v) is 2.11. The topological polar surface area (TPSA) is 52.0 Å². The van der Waals surface area contributed by atoms with Crippen LogP contribution in [0.3, 0.4) is 0 Å². The maximum Gasteiger partial charge on any atom is 0.134 e. The summed E-state index contributed by atoms with van der Waals surface area (Å²) < 4.78 is 5.74. The van der Waals surface area contributed by atoms with Crippen molar-refractivity contribution in [1.29, 1.82) is 0 Å². The van der Waals surface area contributed by atoms with Crippen LogP contribution in [0.2, 0.25) is 5.02 Å². The van der Waals surface area contributed by atoms with Crippen LogP contribution in [0.15, 0.2) is 47.1 Å². The van der Waals surface area contributed by atoms with E-state index < -0.39 is 0 Å². The summed E-state index contributed by atoms with van der Waals surface area (Å²) >= 11 is 5.94. The largest absolute Gasteiger partial charge is 0.461 e. The smallest absolute Gasteiger partial charge is 0.134 e. The first-order chi connectivity index (χ1) is 8.72. The zero-order valence-corrected chi connectivity index (χ0v) is 10.3. The molecule has 0 aliphatic carbocycles. The molecule has 4 heteroatoms. The Labute approximate surface area is 109 Å². The molecule has 0 saturated carbocycles. The highest BCUT2D eigenvalue weighted by atomic mass is 35.5. The average molecular weight is 259 g/mol. The van der Waals surface area contributed by atoms with Gasteiger partial charge in [0.15, 0.2) is 0 Å². The second-order valence-corrected chi connectivity index (χ2v) is 4.58. The van der Waals surface area contributed by atoms with E-state index in [-0.39, 0.29) is 0 Å². The third-order valence-electron chi connectivity index (χ3n) is 2.84. The third-order valence-corrected chi connectivity index (χ3v) is 3.07. The highest BCUT2D eigenvalue weighted by molar-refractivity contribution is 6.31. The maximum absolute atomic E-state index is 5.94. The quantitative estimate of drug-likeness (QED) is 0.763. The monoisotopic (exact) mass is 258 g/mol. The van der Waals surface area contributed by atoms with Crippen molar-refractivity contribution in [3.63, 3.8) is 0 Å². The van der Waals surface area contributed by atoms with E-state index in [1.165, 1.54) is 0 Å². The molecule has 2 heterocycles. The number of aromatic nitrogens is 1. The van der Waals surface area contributed by atoms with Crippen molar-refractivity contribution in [3.05, 3.63) is 59.1 Å². The lowest BCUT2D eigenvalue weighted by Gasteiger charge is -2.01. The first kappa shape index (κ1) is 11.1. The second kappa shape index (κ2) is 4.35. The van der Waals surface area contributed by atoms with E-state index in [1.54, 1.807) is 18.5 Å². The number of hydrogen-bond acceptors (Lipinski definition) is 3. The van der Waals surface area contributed by atoms with Crippen LogP contribution >= 0.6 is 11.6 Å². The number of furan rings is 1. The van der Waals surface area contributed by atoms with Gasteiger partial charge in [0, 0.05) is 40.5 Å². The van der Waals surface area contributed by atoms with Crippen LogP contribution in [-0.2, 0) is 6.42 Å². The number of halogens is 1. The van der Waals surface area contributed by atoms with Crippen molar-refractivity contribution in [2.45, 2.75) is 6.42 Å². The molecule has 90 valence electrons. The summed E-state index contributed by atoms with van der Waals surface area (Å²) in [6.45, 7) is 0. The molecule has 2 N–H and O–H groups in total. The predicted octanol–water partition coefficient (Wildman–Crippen LogP) is 3.65. The molecular formula is C14H11ClN2O. The van der Waals surface area contributed by atoms with Crippen molar-refractivity contribution in [2.24, 2.45) is 0 Å². The Balaban J connectivity index is 1.98. The minimum Gasteiger partial charge on any atom is -0.461 e. The standard InChI is InChI=1S/C14H11ClN2O/c15-11-1-2-14-9(5-11)6-12(18-14)7-10-8-17-4-3-13(10)16/h1-6,8H,7H2,(H2,16,17). The van der Waals surface area contributed by atoms with Gasteiger partial charge in [-0.2, -0.15) is 0 Å². The predicted molar refractivity (Wildman–Crippen MR) is 72.7 cm³/mol. The number of nitrogen functional groups attached to an aromatic ring is 1. The lowest BCUT2D eigenvalue weighted by Crippen LogP contribution is -1.95. The highest BCUT2D eigenvalue weighted by Gasteiger charge is 2.07. The molecule has 0 atom stereocenters. The summed E-state index contributed by atoms with van der Waals surface area (Å²) in [7, 11) is 0. The molecule has 0 saturated heterocycles. The summed E-state index contributed by atoms with van der Waals surface area (Å²) in [5.41, 5.74) is 8.40. The molecule has 0 unspecified atom stereocenters. The van der Waals surface area contributed by atoms with Gasteiger partial charge in [-0.1, -0.05) is 11.6 Å². The van der Waals surface area contributed by atoms with Crippen molar-refractivity contribution >= 4 is 28.3 Å². The van der Waals surface area contributed by atoms with Crippen LogP contribution in [0, 0.1) is 0 Å². The summed E-state index contributed by atoms with van der Waals surface area (Å²) in [6.07, 6.45) is 4.07. The van der Waals surface area contributed by atoms with Crippen molar-refractivity contribution in [2.75, 3.05) is 5.73 Å². The number of hydrogen-bond donors (Lipinski definition) is 1. The van der Waals surface area contributed by atoms with Crippen molar-refractivity contribution in [1.82, 2.24) is 4.98 Å². The van der Waals surface area contributed by atoms with Gasteiger partial charge in [-0.3, -0.25) is 4.98 Å². The Hall–Kier alpha value is -2.00. The Bertz CT molecular complexity index is 706. The first-order valence-electron chi connectivity index (χ1n) is 5.59. The molecule has 0 bridgehead atoms. The number of nitrogens with two attached hydrogens (primary N) is 1. The lowest BCUT2D eigenvalue weighted by molar-refractivity contribution is 0.563. The van der Waals surface area contributed by atoms with Gasteiger partial charge in [0.2, 0.25) is 0 Å². The normalized spacial score (nSPS) is 10.9. The Kier molecular flexibility index (Phi) is 2.68. The number of fused-ring (bicyclic) bond motifs is 1. The van der Waals surface area contributed by atoms with E-state index in [1.807, 2.05) is 24.3 Å². The Morgan fingerprint density at radius 1 is 1.22 bits per heavy atom. The van der Waals surface area contributed by atoms with Crippen LogP contribution in [0.5, 0.6) is 0 Å². The molecule has 3 aromatic rings. The van der Waals surface area contributed by atoms with Gasteiger partial charge in [0.25, 0.3) is 0 Å². The lowest BCUT2D eigenvalue weighted by atomic mass is 10.1. The van der Waals surface area contributed by atoms with Gasteiger partial charge in [-0.15, -0.1) is 0 Å². The number of nitrogens with zero attached hydrogens (tertiary/aromatic N) is 1. The van der Waals surface area contributed by atoms with Gasteiger partial charge in [-0.25, -0.2) is 0 Å². The van der Waals surface area contributed by atoms with Crippen LogP contribution in [0.4, 0.5) is 5.69 Å². The van der Waals surface area contributed by atoms with Crippen molar-refractivity contribution < 1.29 is 4.42 Å². The van der Waals surface area contributed by atoms with E-state index >= 15 is 0 Å². The van der Waals surface area contributed by atoms with Crippen LogP contribution in [0.1, 0.15) is 11.3 Å². The summed E-state index contributed by atoms with van der Waals surface area (Å²) in [6, 6.07) is 9.34. The molecule has 2 aromatic heterocycles. The molecule has 0 aliphatic heterocycles. The minimum absolute atomic E-state index is 0.631. The number of pyridine rings is 1. The molecular weight excluding hydrogens is 248 g/mol. The second-order valence-electron chi connectivity index (χ2n) is 4.15. The Morgan fingerprint density at radius 2 is 2.11 bits per heavy atom. The molecule has 0 amide bonds. The SMILES string of the molecule is Nc1ccncc1Cc1cc2cc(Cl)ccc2o1.